The van der Waals surface area contributed by atoms with Gasteiger partial charge >= 0.3 is 0 Å². The Bertz CT molecular complexity index is 1450. The number of fused-ring (bicyclic) bond motifs is 4. The molecule has 0 aliphatic carbocycles. The molecule has 31 heavy (non-hydrogen) atoms. The maximum absolute atomic E-state index is 13.6. The molecule has 0 spiro atoms. The third-order valence-corrected chi connectivity index (χ3v) is 5.44. The van der Waals surface area contributed by atoms with Crippen molar-refractivity contribution < 1.29 is 4.74 Å². The molecule has 2 aromatic carbocycles. The summed E-state index contributed by atoms with van der Waals surface area (Å²) in [6, 6.07) is 17.6. The first-order chi connectivity index (χ1) is 15.2. The Morgan fingerprint density at radius 1 is 0.903 bits per heavy atom. The molecule has 7 heteroatoms. The highest BCUT2D eigenvalue weighted by Gasteiger charge is 2.21. The van der Waals surface area contributed by atoms with E-state index in [1.165, 1.54) is 0 Å². The van der Waals surface area contributed by atoms with Gasteiger partial charge in [-0.3, -0.25) is 13.9 Å². The minimum absolute atomic E-state index is 0.0942. The summed E-state index contributed by atoms with van der Waals surface area (Å²) in [4.78, 5) is 28.2. The summed E-state index contributed by atoms with van der Waals surface area (Å²) in [5.74, 6) is 0.665. The van der Waals surface area contributed by atoms with Gasteiger partial charge in [-0.1, -0.05) is 30.3 Å². The molecule has 0 bridgehead atoms. The van der Waals surface area contributed by atoms with Gasteiger partial charge in [-0.2, -0.15) is 0 Å². The van der Waals surface area contributed by atoms with Gasteiger partial charge in [-0.05, 0) is 44.5 Å². The van der Waals surface area contributed by atoms with Crippen LogP contribution in [0.5, 0.6) is 0 Å². The average Bonchev–Trinajstić information content (AvgIpc) is 3.10. The molecular weight excluding hydrogens is 390 g/mol. The molecule has 156 valence electrons. The lowest BCUT2D eigenvalue weighted by atomic mass is 10.3. The first-order valence-corrected chi connectivity index (χ1v) is 10.5. The van der Waals surface area contributed by atoms with Crippen LogP contribution in [0.1, 0.15) is 19.2 Å². The van der Waals surface area contributed by atoms with Gasteiger partial charge in [0.2, 0.25) is 0 Å². The van der Waals surface area contributed by atoms with E-state index in [4.69, 9.17) is 19.7 Å². The van der Waals surface area contributed by atoms with Crippen molar-refractivity contribution in [3.05, 3.63) is 70.8 Å². The highest BCUT2D eigenvalue weighted by molar-refractivity contribution is 6.05. The molecule has 7 nitrogen and oxygen atoms in total. The fourth-order valence-corrected chi connectivity index (χ4v) is 3.98. The Balaban J connectivity index is 1.84. The van der Waals surface area contributed by atoms with E-state index in [2.05, 4.69) is 0 Å². The van der Waals surface area contributed by atoms with E-state index in [0.29, 0.717) is 47.8 Å². The molecule has 0 aliphatic rings. The largest absolute Gasteiger partial charge is 0.382 e. The van der Waals surface area contributed by atoms with Crippen molar-refractivity contribution in [1.29, 1.82) is 0 Å². The maximum Gasteiger partial charge on any atom is 0.265 e. The molecule has 0 saturated heterocycles. The third-order valence-electron chi connectivity index (χ3n) is 5.44. The van der Waals surface area contributed by atoms with Crippen molar-refractivity contribution in [3.63, 3.8) is 0 Å². The fraction of sp³-hybridized carbons (Fsp3) is 0.250. The summed E-state index contributed by atoms with van der Waals surface area (Å²) in [6.45, 7) is 5.65. The van der Waals surface area contributed by atoms with E-state index in [9.17, 15) is 4.79 Å². The summed E-state index contributed by atoms with van der Waals surface area (Å²) in [5, 5.41) is 0.499. The second-order valence-electron chi connectivity index (χ2n) is 7.42. The quantitative estimate of drug-likeness (QED) is 0.393. The summed E-state index contributed by atoms with van der Waals surface area (Å²) < 4.78 is 9.09. The molecular formula is C24H23N5O2. The van der Waals surface area contributed by atoms with Gasteiger partial charge in [0.05, 0.1) is 11.0 Å². The van der Waals surface area contributed by atoms with Gasteiger partial charge in [-0.25, -0.2) is 15.0 Å². The number of hydrogen-bond donors (Lipinski definition) is 0. The summed E-state index contributed by atoms with van der Waals surface area (Å²) >= 11 is 0. The molecule has 3 heterocycles. The number of para-hydroxylation sites is 3. The Kier molecular flexibility index (Phi) is 4.95. The Morgan fingerprint density at radius 2 is 1.61 bits per heavy atom. The summed E-state index contributed by atoms with van der Waals surface area (Å²) in [7, 11) is 0. The SMILES string of the molecule is CCOCCCn1c(C)nc2c(c1=O)c1nc3ccccc3nc1n2-c1ccccc1. The van der Waals surface area contributed by atoms with Crippen LogP contribution in [0.25, 0.3) is 38.9 Å². The summed E-state index contributed by atoms with van der Waals surface area (Å²) in [5.41, 5.74) is 4.13. The average molecular weight is 413 g/mol. The smallest absolute Gasteiger partial charge is 0.265 e. The van der Waals surface area contributed by atoms with Crippen LogP contribution in [0, 0.1) is 6.92 Å². The van der Waals surface area contributed by atoms with Crippen LogP contribution in [-0.2, 0) is 11.3 Å². The third kappa shape index (κ3) is 3.27. The molecule has 0 atom stereocenters. The monoisotopic (exact) mass is 413 g/mol. The van der Waals surface area contributed by atoms with Crippen molar-refractivity contribution in [2.75, 3.05) is 13.2 Å². The van der Waals surface area contributed by atoms with Gasteiger partial charge in [0.25, 0.3) is 5.56 Å². The van der Waals surface area contributed by atoms with Gasteiger partial charge in [0, 0.05) is 25.4 Å². The van der Waals surface area contributed by atoms with Gasteiger partial charge in [0.1, 0.15) is 16.7 Å². The number of nitrogens with zero attached hydrogens (tertiary/aromatic N) is 5. The van der Waals surface area contributed by atoms with Crippen LogP contribution < -0.4 is 5.56 Å². The molecule has 0 fully saturated rings. The Hall–Kier alpha value is -3.58. The van der Waals surface area contributed by atoms with Crippen LogP contribution in [0.2, 0.25) is 0 Å². The normalized spacial score (nSPS) is 11.7. The topological polar surface area (TPSA) is 74.8 Å². The van der Waals surface area contributed by atoms with E-state index < -0.39 is 0 Å². The number of ether oxygens (including phenoxy) is 1. The number of rotatable bonds is 6. The van der Waals surface area contributed by atoms with Crippen LogP contribution >= 0.6 is 0 Å². The standard InChI is InChI=1S/C24H23N5O2/c1-3-31-15-9-14-28-16(2)25-22-20(24(28)30)21-23(29(22)17-10-5-4-6-11-17)27-19-13-8-7-12-18(19)26-21/h4-8,10-13H,3,9,14-15H2,1-2H3. The van der Waals surface area contributed by atoms with E-state index in [-0.39, 0.29) is 5.56 Å². The van der Waals surface area contributed by atoms with Crippen molar-refractivity contribution in [1.82, 2.24) is 24.1 Å². The lowest BCUT2D eigenvalue weighted by molar-refractivity contribution is 0.141. The van der Waals surface area contributed by atoms with Crippen LogP contribution in [0.3, 0.4) is 0 Å². The van der Waals surface area contributed by atoms with Crippen molar-refractivity contribution in [3.8, 4) is 5.69 Å². The number of hydrogen-bond acceptors (Lipinski definition) is 5. The van der Waals surface area contributed by atoms with Gasteiger partial charge in [0.15, 0.2) is 11.3 Å². The molecule has 0 radical (unpaired) electrons. The van der Waals surface area contributed by atoms with E-state index in [1.54, 1.807) is 4.57 Å². The lowest BCUT2D eigenvalue weighted by Gasteiger charge is -2.11. The molecule has 0 saturated carbocycles. The highest BCUT2D eigenvalue weighted by Crippen LogP contribution is 2.28. The molecule has 5 rings (SSSR count). The first-order valence-electron chi connectivity index (χ1n) is 10.5. The minimum atomic E-state index is -0.0942. The molecule has 3 aromatic heterocycles. The van der Waals surface area contributed by atoms with Crippen molar-refractivity contribution in [2.45, 2.75) is 26.8 Å². The maximum atomic E-state index is 13.6. The van der Waals surface area contributed by atoms with E-state index >= 15 is 0 Å². The minimum Gasteiger partial charge on any atom is -0.382 e. The number of aryl methyl sites for hydroxylation is 1. The predicted molar refractivity (Wildman–Crippen MR) is 122 cm³/mol. The Labute approximate surface area is 179 Å². The fourth-order valence-electron chi connectivity index (χ4n) is 3.98. The zero-order chi connectivity index (χ0) is 21.4. The van der Waals surface area contributed by atoms with Crippen molar-refractivity contribution >= 4 is 33.2 Å². The van der Waals surface area contributed by atoms with Crippen LogP contribution in [0.15, 0.2) is 59.4 Å². The zero-order valence-corrected chi connectivity index (χ0v) is 17.6. The summed E-state index contributed by atoms with van der Waals surface area (Å²) in [6.07, 6.45) is 0.744. The molecule has 5 aromatic rings. The second-order valence-corrected chi connectivity index (χ2v) is 7.42. The number of aromatic nitrogens is 5. The van der Waals surface area contributed by atoms with Crippen LogP contribution in [-0.4, -0.2) is 37.3 Å². The van der Waals surface area contributed by atoms with E-state index in [0.717, 1.165) is 23.1 Å². The first kappa shape index (κ1) is 19.4. The van der Waals surface area contributed by atoms with Gasteiger partial charge in [-0.15, -0.1) is 0 Å². The van der Waals surface area contributed by atoms with Gasteiger partial charge < -0.3 is 4.74 Å². The zero-order valence-electron chi connectivity index (χ0n) is 17.6. The molecule has 0 amide bonds. The molecule has 0 unspecified atom stereocenters. The highest BCUT2D eigenvalue weighted by atomic mass is 16.5. The molecule has 0 N–H and O–H groups in total. The second kappa shape index (κ2) is 7.92. The van der Waals surface area contributed by atoms with E-state index in [1.807, 2.05) is 73.0 Å². The van der Waals surface area contributed by atoms with Crippen LogP contribution in [0.4, 0.5) is 0 Å². The van der Waals surface area contributed by atoms with Crippen molar-refractivity contribution in [2.24, 2.45) is 0 Å². The number of benzene rings is 2. The Morgan fingerprint density at radius 3 is 2.35 bits per heavy atom. The predicted octanol–water partition coefficient (Wildman–Crippen LogP) is 4.02. The lowest BCUT2D eigenvalue weighted by Crippen LogP contribution is -2.24. The molecule has 0 aliphatic heterocycles.